The van der Waals surface area contributed by atoms with Gasteiger partial charge < -0.3 is 61.5 Å². The van der Waals surface area contributed by atoms with Crippen molar-refractivity contribution in [2.24, 2.45) is 11.7 Å². The fraction of sp³-hybridized carbons (Fsp3) is 0.568. The molecule has 72 heavy (non-hydrogen) atoms. The summed E-state index contributed by atoms with van der Waals surface area (Å²) in [6.45, 7) is 4.78. The largest absolute Gasteiger partial charge is 0.480 e. The van der Waals surface area contributed by atoms with E-state index in [0.29, 0.717) is 31.2 Å². The number of rotatable bonds is 30. The molecule has 25 nitrogen and oxygen atoms in total. The van der Waals surface area contributed by atoms with E-state index in [0.717, 1.165) is 30.7 Å². The van der Waals surface area contributed by atoms with E-state index in [1.165, 1.54) is 43.3 Å². The zero-order valence-corrected chi connectivity index (χ0v) is 42.2. The van der Waals surface area contributed by atoms with Crippen LogP contribution in [0.4, 0.5) is 4.79 Å². The van der Waals surface area contributed by atoms with Gasteiger partial charge in [0.05, 0.1) is 24.2 Å². The lowest BCUT2D eigenvalue weighted by Crippen LogP contribution is -2.61. The summed E-state index contributed by atoms with van der Waals surface area (Å²) >= 11 is 1.80. The highest BCUT2D eigenvalue weighted by atomic mass is 32.3. The number of unbranched alkanes of at least 4 members (excludes halogenated alkanes) is 2. The Morgan fingerprint density at radius 1 is 0.750 bits per heavy atom. The van der Waals surface area contributed by atoms with Crippen molar-refractivity contribution in [2.45, 2.75) is 139 Å². The highest BCUT2D eigenvalue weighted by molar-refractivity contribution is 8.00. The maximum atomic E-state index is 14.1. The number of carboxylic acid groups (broad SMARTS) is 1. The number of aliphatic hydroxyl groups excluding tert-OH is 1. The predicted octanol–water partition coefficient (Wildman–Crippen LogP) is -0.375. The van der Waals surface area contributed by atoms with Gasteiger partial charge >= 0.3 is 32.8 Å². The Kier molecular flexibility index (Phi) is 22.3. The molecule has 28 heteroatoms. The summed E-state index contributed by atoms with van der Waals surface area (Å²) in [4.78, 5) is 91.4. The quantitative estimate of drug-likeness (QED) is 0.0270. The third-order valence-corrected chi connectivity index (χ3v) is 14.2. The summed E-state index contributed by atoms with van der Waals surface area (Å²) in [7, 11) is -9.67. The number of aliphatic hydroxyl groups is 1. The molecule has 0 radical (unpaired) electrons. The van der Waals surface area contributed by atoms with E-state index in [4.69, 9.17) is 14.8 Å². The second-order valence-electron chi connectivity index (χ2n) is 17.6. The average molecular weight is 1070 g/mol. The van der Waals surface area contributed by atoms with Gasteiger partial charge in [0, 0.05) is 30.4 Å². The Morgan fingerprint density at radius 2 is 1.31 bits per heavy atom. The molecule has 2 saturated heterocycles. The van der Waals surface area contributed by atoms with Gasteiger partial charge in [0.2, 0.25) is 29.5 Å². The van der Waals surface area contributed by atoms with Crippen LogP contribution in [-0.2, 0) is 62.4 Å². The van der Waals surface area contributed by atoms with Gasteiger partial charge in [-0.15, -0.1) is 0 Å². The van der Waals surface area contributed by atoms with Crippen molar-refractivity contribution in [3.05, 3.63) is 59.7 Å². The van der Waals surface area contributed by atoms with E-state index in [2.05, 4.69) is 45.6 Å². The molecule has 0 bridgehead atoms. The number of nitrogens with one attached hydrogen (secondary N) is 7. The predicted molar refractivity (Wildman–Crippen MR) is 260 cm³/mol. The number of carboxylic acids is 1. The number of amides is 7. The molecule has 2 aliphatic heterocycles. The maximum absolute atomic E-state index is 14.1. The van der Waals surface area contributed by atoms with Crippen molar-refractivity contribution in [3.8, 4) is 11.5 Å². The van der Waals surface area contributed by atoms with E-state index >= 15 is 0 Å². The lowest BCUT2D eigenvalue weighted by Gasteiger charge is -2.29. The fourth-order valence-electron chi connectivity index (χ4n) is 7.86. The number of aliphatic carboxylic acids is 1. The number of carbonyl (C=O) groups is 7. The lowest BCUT2D eigenvalue weighted by atomic mass is 9.96. The van der Waals surface area contributed by atoms with Crippen LogP contribution in [0, 0.1) is 5.92 Å². The van der Waals surface area contributed by atoms with Gasteiger partial charge in [-0.3, -0.25) is 33.1 Å². The number of hydrogen-bond acceptors (Lipinski definition) is 16. The van der Waals surface area contributed by atoms with Gasteiger partial charge in [0.15, 0.2) is 0 Å². The van der Waals surface area contributed by atoms with Gasteiger partial charge in [-0.25, -0.2) is 9.59 Å². The van der Waals surface area contributed by atoms with Crippen LogP contribution >= 0.6 is 11.8 Å². The molecule has 10 atom stereocenters. The zero-order chi connectivity index (χ0) is 53.3. The highest BCUT2D eigenvalue weighted by Gasteiger charge is 2.42. The number of benzene rings is 2. The number of thioether (sulfide) groups is 1. The number of hydrogen-bond donors (Lipinski definition) is 12. The summed E-state index contributed by atoms with van der Waals surface area (Å²) in [5.74, 6) is -5.58. The summed E-state index contributed by atoms with van der Waals surface area (Å²) in [5.41, 5.74) is 6.92. The maximum Gasteiger partial charge on any atom is 0.446 e. The molecule has 7 amide bonds. The minimum Gasteiger partial charge on any atom is -0.480 e. The molecule has 0 saturated carbocycles. The van der Waals surface area contributed by atoms with Crippen molar-refractivity contribution < 1.29 is 78.1 Å². The molecule has 2 heterocycles. The Balaban J connectivity index is 1.37. The summed E-state index contributed by atoms with van der Waals surface area (Å²) in [5, 5.41) is 39.5. The number of urea groups is 1. The first kappa shape index (κ1) is 58.8. The third-order valence-electron chi connectivity index (χ3n) is 11.9. The van der Waals surface area contributed by atoms with E-state index in [9.17, 15) is 60.6 Å². The molecule has 2 fully saturated rings. The van der Waals surface area contributed by atoms with Crippen LogP contribution in [0.25, 0.3) is 0 Å². The molecule has 0 spiro atoms. The molecular formula is C44H64N8O17S3. The second-order valence-corrected chi connectivity index (χ2v) is 20.9. The Labute approximate surface area is 421 Å². The molecule has 2 aromatic rings. The minimum atomic E-state index is -4.89. The van der Waals surface area contributed by atoms with Gasteiger partial charge in [-0.05, 0) is 86.8 Å². The van der Waals surface area contributed by atoms with E-state index < -0.39 is 92.6 Å². The Morgan fingerprint density at radius 3 is 1.86 bits per heavy atom. The highest BCUT2D eigenvalue weighted by Crippen LogP contribution is 2.33. The fourth-order valence-corrected chi connectivity index (χ4v) is 10.1. The molecule has 2 aliphatic rings. The monoisotopic (exact) mass is 1070 g/mol. The van der Waals surface area contributed by atoms with E-state index in [1.54, 1.807) is 25.6 Å². The molecule has 2 aromatic carbocycles. The molecule has 0 aliphatic carbocycles. The van der Waals surface area contributed by atoms with Crippen LogP contribution in [0.15, 0.2) is 48.5 Å². The molecule has 0 aromatic heterocycles. The Hall–Kier alpha value is -5.78. The first-order chi connectivity index (χ1) is 33.8. The smallest absolute Gasteiger partial charge is 0.446 e. The van der Waals surface area contributed by atoms with Gasteiger partial charge in [-0.1, -0.05) is 51.0 Å². The molecule has 4 rings (SSSR count). The van der Waals surface area contributed by atoms with Crippen LogP contribution in [0.2, 0.25) is 0 Å². The second kappa shape index (κ2) is 27.3. The summed E-state index contributed by atoms with van der Waals surface area (Å²) < 4.78 is 71.4. The van der Waals surface area contributed by atoms with Crippen LogP contribution in [-0.4, -0.2) is 144 Å². The first-order valence-electron chi connectivity index (χ1n) is 23.2. The van der Waals surface area contributed by atoms with Gasteiger partial charge in [0.1, 0.15) is 35.7 Å². The number of carbonyl (C=O) groups excluding carboxylic acids is 6. The molecule has 400 valence electrons. The van der Waals surface area contributed by atoms with Crippen molar-refractivity contribution in [2.75, 3.05) is 12.3 Å². The third kappa shape index (κ3) is 19.7. The normalized spacial score (nSPS) is 19.3. The standard InChI is InChI=1S/C44H64N8O17S3/c1-4-24(2)36(50-39(55)30(45)21-26-12-16-28(17-13-26)68-71(62,63)64)41(57)48-32(22-27-14-18-29(19-15-27)69-72(65,66)67)40(56)51-37(25(3)53)42(58)47-31(43(59)60)9-7-8-20-46-35(54)11-6-5-10-34-38-33(23-70-34)49-44(61)52-38/h12-19,24-25,30-34,36-38,53H,4-11,20-23,45H2,1-3H3,(H,46,54)(H,47,58)(H,48,57)(H,50,55)(H,51,56)(H,59,60)(H2,49,52,61)(H,62,63,64)(H,65,66,67)/t24-,25+,30-,31-,32-,33-,34-,36-,37-,38-/m0/s1. The Bertz CT molecular complexity index is 2430. The van der Waals surface area contributed by atoms with Crippen molar-refractivity contribution in [1.82, 2.24) is 37.2 Å². The molecule has 13 N–H and O–H groups in total. The molecular weight excluding hydrogens is 1010 g/mol. The van der Waals surface area contributed by atoms with Crippen LogP contribution in [0.5, 0.6) is 11.5 Å². The van der Waals surface area contributed by atoms with Crippen LogP contribution in [0.1, 0.15) is 83.3 Å². The SMILES string of the molecule is CC[C@H](C)[C@H](NC(=O)[C@@H](N)Cc1ccc(OS(=O)(=O)O)cc1)C(=O)N[C@@H](Cc1ccc(OS(=O)(=O)O)cc1)C(=O)N[C@H](C(=O)N[C@@H](CCCCNC(=O)CCCC[C@@H]1SC[C@@H]2NC(=O)N[C@@H]21)C(=O)O)[C@@H](C)O. The molecule has 0 unspecified atom stereocenters. The number of nitrogens with two attached hydrogens (primary N) is 1. The minimum absolute atomic E-state index is 0.0787. The first-order valence-corrected chi connectivity index (χ1v) is 26.9. The van der Waals surface area contributed by atoms with Gasteiger partial charge in [-0.2, -0.15) is 28.6 Å². The van der Waals surface area contributed by atoms with Crippen molar-refractivity contribution in [1.29, 1.82) is 0 Å². The van der Waals surface area contributed by atoms with Crippen molar-refractivity contribution >= 4 is 74.1 Å². The lowest BCUT2D eigenvalue weighted by molar-refractivity contribution is -0.143. The topological polar surface area (TPSA) is 397 Å². The average Bonchev–Trinajstić information content (AvgIpc) is 3.86. The summed E-state index contributed by atoms with van der Waals surface area (Å²) in [6.07, 6.45) is 1.45. The van der Waals surface area contributed by atoms with Crippen LogP contribution in [0.3, 0.4) is 0 Å². The van der Waals surface area contributed by atoms with E-state index in [-0.39, 0.29) is 78.6 Å². The summed E-state index contributed by atoms with van der Waals surface area (Å²) in [6, 6.07) is 2.85. The van der Waals surface area contributed by atoms with E-state index in [1.807, 2.05) is 0 Å². The zero-order valence-electron chi connectivity index (χ0n) is 39.8. The van der Waals surface area contributed by atoms with Crippen LogP contribution < -0.4 is 51.3 Å². The number of fused-ring (bicyclic) bond motifs is 1. The van der Waals surface area contributed by atoms with Gasteiger partial charge in [0.25, 0.3) is 0 Å². The van der Waals surface area contributed by atoms with Crippen molar-refractivity contribution in [3.63, 3.8) is 0 Å².